The zero-order valence-electron chi connectivity index (χ0n) is 37.9. The maximum atomic E-state index is 12.7. The molecule has 0 saturated carbocycles. The van der Waals surface area contributed by atoms with Gasteiger partial charge in [-0.25, -0.2) is 0 Å². The molecule has 0 bridgehead atoms. The largest absolute Gasteiger partial charge is 0.462 e. The molecule has 1 atom stereocenters. The standard InChI is InChI=1S/C50H96O6/c1-4-7-10-13-16-19-22-24-26-28-31-34-37-40-43-49(52)55-46-47(45-54-48(51)42-39-36-33-30-21-18-15-12-9-6-3)56-50(53)44-41-38-35-32-29-27-25-23-20-17-14-11-8-5-2/h47H,4-46H2,1-3H3. The van der Waals surface area contributed by atoms with Crippen molar-refractivity contribution in [3.8, 4) is 0 Å². The Bertz CT molecular complexity index is 828. The van der Waals surface area contributed by atoms with E-state index in [2.05, 4.69) is 20.8 Å². The molecule has 0 spiro atoms. The van der Waals surface area contributed by atoms with Gasteiger partial charge >= 0.3 is 17.9 Å². The fourth-order valence-corrected chi connectivity index (χ4v) is 7.56. The van der Waals surface area contributed by atoms with Crippen LogP contribution < -0.4 is 0 Å². The lowest BCUT2D eigenvalue weighted by atomic mass is 10.0. The normalized spacial score (nSPS) is 11.8. The third kappa shape index (κ3) is 43.5. The predicted molar refractivity (Wildman–Crippen MR) is 238 cm³/mol. The fourth-order valence-electron chi connectivity index (χ4n) is 7.56. The van der Waals surface area contributed by atoms with E-state index in [-0.39, 0.29) is 31.1 Å². The quantitative estimate of drug-likeness (QED) is 0.0347. The van der Waals surface area contributed by atoms with E-state index in [9.17, 15) is 14.4 Å². The fraction of sp³-hybridized carbons (Fsp3) is 0.940. The van der Waals surface area contributed by atoms with Crippen LogP contribution in [0.2, 0.25) is 0 Å². The second-order valence-corrected chi connectivity index (χ2v) is 17.1. The summed E-state index contributed by atoms with van der Waals surface area (Å²) in [5.74, 6) is -0.845. The summed E-state index contributed by atoms with van der Waals surface area (Å²) < 4.78 is 16.8. The number of hydrogen-bond donors (Lipinski definition) is 0. The molecule has 6 nitrogen and oxygen atoms in total. The topological polar surface area (TPSA) is 78.9 Å². The molecule has 0 aromatic rings. The average molecular weight is 793 g/mol. The first kappa shape index (κ1) is 54.4. The van der Waals surface area contributed by atoms with E-state index in [1.807, 2.05) is 0 Å². The smallest absolute Gasteiger partial charge is 0.306 e. The number of carbonyl (C=O) groups is 3. The molecule has 0 saturated heterocycles. The molecule has 0 fully saturated rings. The Labute approximate surface area is 348 Å². The van der Waals surface area contributed by atoms with E-state index in [0.717, 1.165) is 57.8 Å². The summed E-state index contributed by atoms with van der Waals surface area (Å²) in [5.41, 5.74) is 0. The number of ether oxygens (including phenoxy) is 3. The van der Waals surface area contributed by atoms with Crippen molar-refractivity contribution in [3.63, 3.8) is 0 Å². The molecule has 1 unspecified atom stereocenters. The van der Waals surface area contributed by atoms with Gasteiger partial charge in [-0.1, -0.05) is 245 Å². The van der Waals surface area contributed by atoms with E-state index in [4.69, 9.17) is 14.2 Å². The van der Waals surface area contributed by atoms with E-state index >= 15 is 0 Å². The van der Waals surface area contributed by atoms with Crippen molar-refractivity contribution in [3.05, 3.63) is 0 Å². The molecule has 0 rings (SSSR count). The first-order valence-corrected chi connectivity index (χ1v) is 25.0. The Morgan fingerprint density at radius 2 is 0.482 bits per heavy atom. The van der Waals surface area contributed by atoms with Crippen molar-refractivity contribution in [1.29, 1.82) is 0 Å². The van der Waals surface area contributed by atoms with Crippen LogP contribution in [0, 0.1) is 0 Å². The molecule has 332 valence electrons. The lowest BCUT2D eigenvalue weighted by Crippen LogP contribution is -2.30. The van der Waals surface area contributed by atoms with E-state index in [1.165, 1.54) is 186 Å². The summed E-state index contributed by atoms with van der Waals surface area (Å²) in [5, 5.41) is 0. The van der Waals surface area contributed by atoms with Crippen molar-refractivity contribution in [2.75, 3.05) is 13.2 Å². The lowest BCUT2D eigenvalue weighted by Gasteiger charge is -2.18. The highest BCUT2D eigenvalue weighted by molar-refractivity contribution is 5.71. The van der Waals surface area contributed by atoms with Gasteiger partial charge in [0, 0.05) is 19.3 Å². The van der Waals surface area contributed by atoms with Gasteiger partial charge < -0.3 is 14.2 Å². The third-order valence-corrected chi connectivity index (χ3v) is 11.4. The van der Waals surface area contributed by atoms with Crippen LogP contribution >= 0.6 is 0 Å². The lowest BCUT2D eigenvalue weighted by molar-refractivity contribution is -0.167. The van der Waals surface area contributed by atoms with Crippen molar-refractivity contribution >= 4 is 17.9 Å². The van der Waals surface area contributed by atoms with E-state index in [0.29, 0.717) is 19.3 Å². The summed E-state index contributed by atoms with van der Waals surface area (Å²) in [6.07, 6.45) is 47.9. The zero-order chi connectivity index (χ0) is 40.8. The third-order valence-electron chi connectivity index (χ3n) is 11.4. The second kappa shape index (κ2) is 46.1. The highest BCUT2D eigenvalue weighted by atomic mass is 16.6. The summed E-state index contributed by atoms with van der Waals surface area (Å²) in [6, 6.07) is 0. The minimum absolute atomic E-state index is 0.0621. The van der Waals surface area contributed by atoms with Crippen molar-refractivity contribution < 1.29 is 28.6 Å². The molecular formula is C50H96O6. The Hall–Kier alpha value is -1.59. The molecule has 0 heterocycles. The van der Waals surface area contributed by atoms with Crippen LogP contribution in [0.5, 0.6) is 0 Å². The van der Waals surface area contributed by atoms with Gasteiger partial charge in [-0.05, 0) is 19.3 Å². The second-order valence-electron chi connectivity index (χ2n) is 17.1. The molecular weight excluding hydrogens is 697 g/mol. The zero-order valence-corrected chi connectivity index (χ0v) is 37.9. The van der Waals surface area contributed by atoms with Gasteiger partial charge in [-0.3, -0.25) is 14.4 Å². The average Bonchev–Trinajstić information content (AvgIpc) is 3.19. The maximum absolute atomic E-state index is 12.7. The minimum Gasteiger partial charge on any atom is -0.462 e. The number of rotatable bonds is 46. The van der Waals surface area contributed by atoms with Crippen LogP contribution in [0.3, 0.4) is 0 Å². The summed E-state index contributed by atoms with van der Waals surface area (Å²) in [7, 11) is 0. The molecule has 56 heavy (non-hydrogen) atoms. The van der Waals surface area contributed by atoms with Crippen LogP contribution in [-0.2, 0) is 28.6 Å². The predicted octanol–water partition coefficient (Wildman–Crippen LogP) is 16.0. The molecule has 0 aliphatic heterocycles. The molecule has 0 N–H and O–H groups in total. The van der Waals surface area contributed by atoms with Crippen LogP contribution in [0.25, 0.3) is 0 Å². The monoisotopic (exact) mass is 793 g/mol. The highest BCUT2D eigenvalue weighted by Gasteiger charge is 2.19. The number of unbranched alkanes of at least 4 members (excludes halogenated alkanes) is 35. The van der Waals surface area contributed by atoms with Gasteiger partial charge in [-0.2, -0.15) is 0 Å². The summed E-state index contributed by atoms with van der Waals surface area (Å²) in [4.78, 5) is 37.8. The molecule has 0 aromatic heterocycles. The highest BCUT2D eigenvalue weighted by Crippen LogP contribution is 2.16. The van der Waals surface area contributed by atoms with Crippen molar-refractivity contribution in [2.24, 2.45) is 0 Å². The van der Waals surface area contributed by atoms with Crippen LogP contribution in [0.1, 0.15) is 284 Å². The number of esters is 3. The van der Waals surface area contributed by atoms with Crippen molar-refractivity contribution in [2.45, 2.75) is 290 Å². The first-order valence-electron chi connectivity index (χ1n) is 25.0. The SMILES string of the molecule is CCCCCCCCCCCCCCCCC(=O)OCC(COC(=O)CCCCCCCCCCCC)OC(=O)CCCCCCCCCCCCCCCC. The summed E-state index contributed by atoms with van der Waals surface area (Å²) in [6.45, 7) is 6.66. The maximum Gasteiger partial charge on any atom is 0.306 e. The molecule has 0 amide bonds. The van der Waals surface area contributed by atoms with Gasteiger partial charge in [0.15, 0.2) is 6.10 Å². The summed E-state index contributed by atoms with van der Waals surface area (Å²) >= 11 is 0. The van der Waals surface area contributed by atoms with Gasteiger partial charge in [0.05, 0.1) is 0 Å². The Kier molecular flexibility index (Phi) is 44.8. The molecule has 6 heteroatoms. The van der Waals surface area contributed by atoms with E-state index < -0.39 is 6.10 Å². The molecule has 0 aliphatic carbocycles. The Balaban J connectivity index is 4.29. The molecule has 0 aliphatic rings. The molecule has 0 aromatic carbocycles. The van der Waals surface area contributed by atoms with Gasteiger partial charge in [0.1, 0.15) is 13.2 Å². The van der Waals surface area contributed by atoms with Gasteiger partial charge in [0.25, 0.3) is 0 Å². The Morgan fingerprint density at radius 3 is 0.714 bits per heavy atom. The van der Waals surface area contributed by atoms with Crippen molar-refractivity contribution in [1.82, 2.24) is 0 Å². The minimum atomic E-state index is -0.758. The first-order chi connectivity index (χ1) is 27.5. The van der Waals surface area contributed by atoms with Gasteiger partial charge in [0.2, 0.25) is 0 Å². The van der Waals surface area contributed by atoms with E-state index in [1.54, 1.807) is 0 Å². The van der Waals surface area contributed by atoms with Crippen LogP contribution in [-0.4, -0.2) is 37.2 Å². The van der Waals surface area contributed by atoms with Crippen LogP contribution in [0.4, 0.5) is 0 Å². The van der Waals surface area contributed by atoms with Gasteiger partial charge in [-0.15, -0.1) is 0 Å². The molecule has 0 radical (unpaired) electrons. The van der Waals surface area contributed by atoms with Crippen LogP contribution in [0.15, 0.2) is 0 Å². The number of hydrogen-bond acceptors (Lipinski definition) is 6. The Morgan fingerprint density at radius 1 is 0.286 bits per heavy atom. The number of carbonyl (C=O) groups excluding carboxylic acids is 3.